The molecule has 0 amide bonds. The van der Waals surface area contributed by atoms with Crippen LogP contribution in [0.15, 0.2) is 32.5 Å². The van der Waals surface area contributed by atoms with Crippen LogP contribution in [0.1, 0.15) is 11.7 Å². The fraction of sp³-hybridized carbons (Fsp3) is 0.222. The maximum absolute atomic E-state index is 11.8. The first kappa shape index (κ1) is 12.5. The number of sulfonamides is 1. The Morgan fingerprint density at radius 3 is 2.78 bits per heavy atom. The van der Waals surface area contributed by atoms with E-state index >= 15 is 0 Å². The molecule has 0 atom stereocenters. The second kappa shape index (κ2) is 4.70. The maximum Gasteiger partial charge on any atom is 0.247 e. The molecule has 0 aliphatic carbocycles. The predicted molar refractivity (Wildman–Crippen MR) is 60.1 cm³/mol. The summed E-state index contributed by atoms with van der Waals surface area (Å²) in [5, 5.41) is 3.56. The lowest BCUT2D eigenvalue weighted by molar-refractivity contribution is 0.387. The van der Waals surface area contributed by atoms with E-state index in [0.717, 1.165) is 12.3 Å². The van der Waals surface area contributed by atoms with E-state index in [1.165, 1.54) is 6.07 Å². The van der Waals surface area contributed by atoms with Crippen LogP contribution in [0.5, 0.6) is 0 Å². The number of aryl methyl sites for hydroxylation is 1. The summed E-state index contributed by atoms with van der Waals surface area (Å²) in [7, 11) is -3.71. The monoisotopic (exact) mass is 270 g/mol. The molecule has 2 aromatic rings. The van der Waals surface area contributed by atoms with Crippen LogP contribution in [-0.4, -0.2) is 23.5 Å². The van der Waals surface area contributed by atoms with Crippen molar-refractivity contribution in [1.82, 2.24) is 19.8 Å². The summed E-state index contributed by atoms with van der Waals surface area (Å²) < 4.78 is 30.6. The summed E-state index contributed by atoms with van der Waals surface area (Å²) in [6, 6.07) is 2.34. The van der Waals surface area contributed by atoms with E-state index in [0.29, 0.717) is 5.89 Å². The first-order valence-corrected chi connectivity index (χ1v) is 6.43. The molecule has 9 heteroatoms. The number of hydrogen-bond acceptors (Lipinski definition) is 6. The molecule has 0 spiro atoms. The Morgan fingerprint density at radius 1 is 1.44 bits per heavy atom. The molecule has 0 bridgehead atoms. The smallest absolute Gasteiger partial charge is 0.247 e. The van der Waals surface area contributed by atoms with Crippen LogP contribution in [-0.2, 0) is 16.6 Å². The van der Waals surface area contributed by atoms with Gasteiger partial charge in [-0.05, 0) is 6.07 Å². The molecule has 96 valence electrons. The third-order valence-corrected chi connectivity index (χ3v) is 3.45. The summed E-state index contributed by atoms with van der Waals surface area (Å²) >= 11 is 0. The van der Waals surface area contributed by atoms with E-state index in [9.17, 15) is 13.2 Å². The Bertz CT molecular complexity index is 683. The molecule has 0 radical (unpaired) electrons. The molecule has 0 aromatic carbocycles. The molecule has 2 aromatic heterocycles. The van der Waals surface area contributed by atoms with Gasteiger partial charge < -0.3 is 9.51 Å². The zero-order valence-corrected chi connectivity index (χ0v) is 10.2. The molecule has 0 unspecified atom stereocenters. The Morgan fingerprint density at radius 2 is 2.22 bits per heavy atom. The van der Waals surface area contributed by atoms with Gasteiger partial charge in [-0.15, -0.1) is 0 Å². The molecule has 2 N–H and O–H groups in total. The van der Waals surface area contributed by atoms with Crippen LogP contribution in [0, 0.1) is 6.92 Å². The van der Waals surface area contributed by atoms with E-state index in [4.69, 9.17) is 4.52 Å². The van der Waals surface area contributed by atoms with Crippen molar-refractivity contribution in [3.8, 4) is 0 Å². The van der Waals surface area contributed by atoms with Crippen molar-refractivity contribution in [2.75, 3.05) is 0 Å². The van der Waals surface area contributed by atoms with Gasteiger partial charge in [0.05, 0.1) is 11.4 Å². The summed E-state index contributed by atoms with van der Waals surface area (Å²) in [5.41, 5.74) is -0.372. The molecule has 0 fully saturated rings. The largest absolute Gasteiger partial charge is 0.340 e. The van der Waals surface area contributed by atoms with Crippen molar-refractivity contribution in [2.45, 2.75) is 18.4 Å². The van der Waals surface area contributed by atoms with Gasteiger partial charge in [-0.3, -0.25) is 4.79 Å². The first-order chi connectivity index (χ1) is 8.47. The molecule has 18 heavy (non-hydrogen) atoms. The number of H-pyrrole nitrogens is 1. The lowest BCUT2D eigenvalue weighted by atomic mass is 10.5. The van der Waals surface area contributed by atoms with E-state index in [1.54, 1.807) is 6.92 Å². The van der Waals surface area contributed by atoms with Gasteiger partial charge in [-0.1, -0.05) is 5.16 Å². The van der Waals surface area contributed by atoms with Crippen LogP contribution in [0.3, 0.4) is 0 Å². The predicted octanol–water partition coefficient (Wildman–Crippen LogP) is -0.455. The molecular formula is C9H10N4O4S. The Hall–Kier alpha value is -2.00. The van der Waals surface area contributed by atoms with Gasteiger partial charge in [0.2, 0.25) is 21.5 Å². The van der Waals surface area contributed by atoms with Gasteiger partial charge in [-0.2, -0.15) is 4.98 Å². The number of nitrogens with zero attached hydrogens (tertiary/aromatic N) is 2. The second-order valence-corrected chi connectivity index (χ2v) is 5.21. The Labute approximate surface area is 102 Å². The zero-order chi connectivity index (χ0) is 13.2. The fourth-order valence-electron chi connectivity index (χ4n) is 1.22. The van der Waals surface area contributed by atoms with Gasteiger partial charge in [0.1, 0.15) is 0 Å². The van der Waals surface area contributed by atoms with E-state index in [2.05, 4.69) is 19.8 Å². The molecule has 2 rings (SSSR count). The summed E-state index contributed by atoms with van der Waals surface area (Å²) in [6.45, 7) is 1.52. The molecule has 2 heterocycles. The fourth-order valence-corrected chi connectivity index (χ4v) is 2.17. The third kappa shape index (κ3) is 2.81. The minimum atomic E-state index is -3.71. The number of hydrogen-bond donors (Lipinski definition) is 2. The summed E-state index contributed by atoms with van der Waals surface area (Å²) in [4.78, 5) is 16.9. The van der Waals surface area contributed by atoms with E-state index in [-0.39, 0.29) is 22.8 Å². The van der Waals surface area contributed by atoms with Crippen LogP contribution >= 0.6 is 0 Å². The summed E-state index contributed by atoms with van der Waals surface area (Å²) in [6.07, 6.45) is 1.12. The van der Waals surface area contributed by atoms with Gasteiger partial charge >= 0.3 is 0 Å². The highest BCUT2D eigenvalue weighted by molar-refractivity contribution is 7.89. The van der Waals surface area contributed by atoms with Crippen LogP contribution in [0.25, 0.3) is 0 Å². The maximum atomic E-state index is 11.8. The molecular weight excluding hydrogens is 260 g/mol. The second-order valence-electron chi connectivity index (χ2n) is 3.44. The van der Waals surface area contributed by atoms with E-state index < -0.39 is 10.0 Å². The van der Waals surface area contributed by atoms with Gasteiger partial charge in [-0.25, -0.2) is 13.1 Å². The van der Waals surface area contributed by atoms with Gasteiger partial charge in [0.15, 0.2) is 5.82 Å². The number of nitrogens with one attached hydrogen (secondary N) is 2. The highest BCUT2D eigenvalue weighted by Crippen LogP contribution is 2.05. The van der Waals surface area contributed by atoms with Crippen molar-refractivity contribution in [3.05, 3.63) is 40.4 Å². The van der Waals surface area contributed by atoms with Gasteiger partial charge in [0.25, 0.3) is 0 Å². The normalized spacial score (nSPS) is 11.6. The average molecular weight is 270 g/mol. The van der Waals surface area contributed by atoms with Crippen molar-refractivity contribution in [3.63, 3.8) is 0 Å². The minimum Gasteiger partial charge on any atom is -0.340 e. The lowest BCUT2D eigenvalue weighted by Crippen LogP contribution is -2.24. The standard InChI is InChI=1S/C9H10N4O4S/c1-6-12-8(13-17-6)5-11-18(15,16)7-2-3-9(14)10-4-7/h2-4,11H,5H2,1H3,(H,10,14). The number of aromatic amines is 1. The van der Waals surface area contributed by atoms with Gasteiger partial charge in [0, 0.05) is 19.2 Å². The summed E-state index contributed by atoms with van der Waals surface area (Å²) in [5.74, 6) is 0.591. The zero-order valence-electron chi connectivity index (χ0n) is 9.37. The quantitative estimate of drug-likeness (QED) is 0.776. The lowest BCUT2D eigenvalue weighted by Gasteiger charge is -2.03. The number of rotatable bonds is 4. The third-order valence-electron chi connectivity index (χ3n) is 2.06. The minimum absolute atomic E-state index is 0.0395. The van der Waals surface area contributed by atoms with Crippen LogP contribution < -0.4 is 10.3 Å². The SMILES string of the molecule is Cc1nc(CNS(=O)(=O)c2ccc(=O)[nH]c2)no1. The molecule has 0 saturated heterocycles. The number of aromatic nitrogens is 3. The first-order valence-electron chi connectivity index (χ1n) is 4.95. The highest BCUT2D eigenvalue weighted by Gasteiger charge is 2.15. The van der Waals surface area contributed by atoms with Crippen molar-refractivity contribution >= 4 is 10.0 Å². The Balaban J connectivity index is 2.12. The van der Waals surface area contributed by atoms with Crippen molar-refractivity contribution < 1.29 is 12.9 Å². The van der Waals surface area contributed by atoms with Crippen LogP contribution in [0.4, 0.5) is 0 Å². The molecule has 0 saturated carbocycles. The average Bonchev–Trinajstić information content (AvgIpc) is 2.73. The Kier molecular flexibility index (Phi) is 3.26. The number of pyridine rings is 1. The molecule has 0 aliphatic rings. The topological polar surface area (TPSA) is 118 Å². The molecule has 0 aliphatic heterocycles. The molecule has 8 nitrogen and oxygen atoms in total. The van der Waals surface area contributed by atoms with Crippen LogP contribution in [0.2, 0.25) is 0 Å². The van der Waals surface area contributed by atoms with Crippen molar-refractivity contribution in [2.24, 2.45) is 0 Å². The highest BCUT2D eigenvalue weighted by atomic mass is 32.2. The van der Waals surface area contributed by atoms with E-state index in [1.807, 2.05) is 0 Å². The van der Waals surface area contributed by atoms with Crippen molar-refractivity contribution in [1.29, 1.82) is 0 Å².